The Morgan fingerprint density at radius 3 is 2.33 bits per heavy atom. The third kappa shape index (κ3) is 3.88. The maximum absolute atomic E-state index is 6.22. The average molecular weight is 438 g/mol. The number of pyridine rings is 1. The van der Waals surface area contributed by atoms with E-state index in [9.17, 15) is 0 Å². The second kappa shape index (κ2) is 8.01. The zero-order valence-electron chi connectivity index (χ0n) is 20.3. The molecule has 2 heterocycles. The van der Waals surface area contributed by atoms with E-state index in [1.165, 1.54) is 78.7 Å². The molecule has 33 heavy (non-hydrogen) atoms. The quantitative estimate of drug-likeness (QED) is 0.319. The minimum Gasteiger partial charge on any atom is -0.461 e. The normalized spacial score (nSPS) is 19.6. The molecule has 2 nitrogen and oxygen atoms in total. The third-order valence-corrected chi connectivity index (χ3v) is 8.44. The predicted molar refractivity (Wildman–Crippen MR) is 138 cm³/mol. The molecular formula is C31H35NO. The van der Waals surface area contributed by atoms with E-state index in [2.05, 4.69) is 56.3 Å². The first-order chi connectivity index (χ1) is 16.0. The number of aromatic nitrogens is 1. The SMILES string of the molecule is Cc1cc2cc(C3CCCC3)cc(-c3nccc4cc(C5CCC(C)(C)CC5)ccc34)c2o1. The molecule has 0 saturated heterocycles. The van der Waals surface area contributed by atoms with Gasteiger partial charge in [0, 0.05) is 22.5 Å². The molecule has 2 fully saturated rings. The number of furan rings is 1. The molecule has 2 aliphatic carbocycles. The highest BCUT2D eigenvalue weighted by molar-refractivity contribution is 6.02. The van der Waals surface area contributed by atoms with Crippen LogP contribution in [0.15, 0.2) is 53.1 Å². The van der Waals surface area contributed by atoms with Crippen LogP contribution < -0.4 is 0 Å². The fourth-order valence-corrected chi connectivity index (χ4v) is 6.37. The zero-order valence-corrected chi connectivity index (χ0v) is 20.3. The van der Waals surface area contributed by atoms with E-state index in [1.807, 2.05) is 13.1 Å². The van der Waals surface area contributed by atoms with Gasteiger partial charge in [0.15, 0.2) is 0 Å². The van der Waals surface area contributed by atoms with E-state index >= 15 is 0 Å². The van der Waals surface area contributed by atoms with Crippen molar-refractivity contribution in [3.8, 4) is 11.3 Å². The highest BCUT2D eigenvalue weighted by Gasteiger charge is 2.28. The molecule has 6 rings (SSSR count). The first-order valence-electron chi connectivity index (χ1n) is 12.9. The molecule has 2 saturated carbocycles. The Bertz CT molecular complexity index is 1310. The number of hydrogen-bond donors (Lipinski definition) is 0. The van der Waals surface area contributed by atoms with Crippen LogP contribution in [0.4, 0.5) is 0 Å². The largest absolute Gasteiger partial charge is 0.461 e. The fourth-order valence-electron chi connectivity index (χ4n) is 6.37. The van der Waals surface area contributed by atoms with Crippen LogP contribution in [0.1, 0.15) is 93.9 Å². The van der Waals surface area contributed by atoms with Gasteiger partial charge < -0.3 is 4.42 Å². The van der Waals surface area contributed by atoms with E-state index < -0.39 is 0 Å². The summed E-state index contributed by atoms with van der Waals surface area (Å²) in [4.78, 5) is 4.91. The summed E-state index contributed by atoms with van der Waals surface area (Å²) >= 11 is 0. The average Bonchev–Trinajstić information content (AvgIpc) is 3.47. The first kappa shape index (κ1) is 21.0. The standard InChI is InChI=1S/C31H35NO/c1-20-16-26-18-25(21-6-4-5-7-21)19-28(30(26)33-20)29-27-9-8-23(17-24(27)12-15-32-29)22-10-13-31(2,3)14-11-22/h8-9,12,15-19,21-22H,4-7,10-11,13-14H2,1-3H3. The van der Waals surface area contributed by atoms with Crippen molar-refractivity contribution in [1.29, 1.82) is 0 Å². The van der Waals surface area contributed by atoms with Crippen LogP contribution >= 0.6 is 0 Å². The van der Waals surface area contributed by atoms with Gasteiger partial charge in [-0.15, -0.1) is 0 Å². The van der Waals surface area contributed by atoms with E-state index in [0.29, 0.717) is 17.3 Å². The molecule has 0 aliphatic heterocycles. The van der Waals surface area contributed by atoms with Crippen molar-refractivity contribution in [1.82, 2.24) is 4.98 Å². The molecule has 0 radical (unpaired) electrons. The van der Waals surface area contributed by atoms with Crippen LogP contribution in [-0.4, -0.2) is 4.98 Å². The molecule has 0 amide bonds. The van der Waals surface area contributed by atoms with Crippen LogP contribution in [0.2, 0.25) is 0 Å². The Morgan fingerprint density at radius 2 is 1.55 bits per heavy atom. The molecule has 4 aromatic rings. The van der Waals surface area contributed by atoms with Gasteiger partial charge in [-0.2, -0.15) is 0 Å². The Kier molecular flexibility index (Phi) is 5.09. The summed E-state index contributed by atoms with van der Waals surface area (Å²) in [7, 11) is 0. The van der Waals surface area contributed by atoms with E-state index in [0.717, 1.165) is 22.6 Å². The summed E-state index contributed by atoms with van der Waals surface area (Å²) in [5, 5.41) is 3.74. The van der Waals surface area contributed by atoms with E-state index in [-0.39, 0.29) is 0 Å². The summed E-state index contributed by atoms with van der Waals surface area (Å²) < 4.78 is 6.22. The van der Waals surface area contributed by atoms with Crippen molar-refractivity contribution in [3.05, 3.63) is 65.5 Å². The topological polar surface area (TPSA) is 26.0 Å². The summed E-state index contributed by atoms with van der Waals surface area (Å²) in [6, 6.07) is 16.2. The minimum absolute atomic E-state index is 0.501. The van der Waals surface area contributed by atoms with Crippen LogP contribution in [0.25, 0.3) is 33.0 Å². The monoisotopic (exact) mass is 437 g/mol. The molecule has 0 spiro atoms. The number of fused-ring (bicyclic) bond motifs is 2. The third-order valence-electron chi connectivity index (χ3n) is 8.44. The molecule has 0 atom stereocenters. The maximum Gasteiger partial charge on any atom is 0.143 e. The predicted octanol–water partition coefficient (Wildman–Crippen LogP) is 9.30. The highest BCUT2D eigenvalue weighted by atomic mass is 16.3. The summed E-state index contributed by atoms with van der Waals surface area (Å²) in [5.41, 5.74) is 6.64. The number of rotatable bonds is 3. The smallest absolute Gasteiger partial charge is 0.143 e. The Labute approximate surface area is 197 Å². The van der Waals surface area contributed by atoms with Crippen molar-refractivity contribution in [2.24, 2.45) is 5.41 Å². The van der Waals surface area contributed by atoms with Gasteiger partial charge >= 0.3 is 0 Å². The molecule has 0 N–H and O–H groups in total. The summed E-state index contributed by atoms with van der Waals surface area (Å²) in [5.74, 6) is 2.32. The molecule has 0 unspecified atom stereocenters. The van der Waals surface area contributed by atoms with E-state index in [1.54, 1.807) is 0 Å². The van der Waals surface area contributed by atoms with Crippen molar-refractivity contribution in [3.63, 3.8) is 0 Å². The minimum atomic E-state index is 0.501. The number of nitrogens with zero attached hydrogens (tertiary/aromatic N) is 1. The molecule has 2 aromatic heterocycles. The fraction of sp³-hybridized carbons (Fsp3) is 0.452. The van der Waals surface area contributed by atoms with Crippen molar-refractivity contribution in [2.75, 3.05) is 0 Å². The zero-order chi connectivity index (χ0) is 22.6. The van der Waals surface area contributed by atoms with Gasteiger partial charge in [0.25, 0.3) is 0 Å². The van der Waals surface area contributed by atoms with Gasteiger partial charge in [0.05, 0.1) is 5.69 Å². The van der Waals surface area contributed by atoms with Gasteiger partial charge in [-0.25, -0.2) is 0 Å². The molecule has 2 heteroatoms. The second-order valence-electron chi connectivity index (χ2n) is 11.4. The van der Waals surface area contributed by atoms with Gasteiger partial charge in [0.1, 0.15) is 11.3 Å². The lowest BCUT2D eigenvalue weighted by Crippen LogP contribution is -2.20. The van der Waals surface area contributed by atoms with Crippen molar-refractivity contribution >= 4 is 21.7 Å². The lowest BCUT2D eigenvalue weighted by atomic mass is 9.71. The van der Waals surface area contributed by atoms with Crippen molar-refractivity contribution < 1.29 is 4.42 Å². The second-order valence-corrected chi connectivity index (χ2v) is 11.4. The van der Waals surface area contributed by atoms with Crippen molar-refractivity contribution in [2.45, 2.75) is 84.0 Å². The van der Waals surface area contributed by atoms with Gasteiger partial charge in [0.2, 0.25) is 0 Å². The van der Waals surface area contributed by atoms with Crippen LogP contribution in [0.3, 0.4) is 0 Å². The number of benzene rings is 2. The first-order valence-corrected chi connectivity index (χ1v) is 12.9. The van der Waals surface area contributed by atoms with E-state index in [4.69, 9.17) is 9.40 Å². The lowest BCUT2D eigenvalue weighted by molar-refractivity contribution is 0.224. The van der Waals surface area contributed by atoms with Gasteiger partial charge in [-0.3, -0.25) is 4.98 Å². The number of aryl methyl sites for hydroxylation is 1. The van der Waals surface area contributed by atoms with Crippen LogP contribution in [-0.2, 0) is 0 Å². The summed E-state index contributed by atoms with van der Waals surface area (Å²) in [6.45, 7) is 6.88. The molecule has 170 valence electrons. The van der Waals surface area contributed by atoms with Crippen LogP contribution in [0.5, 0.6) is 0 Å². The Balaban J connectivity index is 1.45. The lowest BCUT2D eigenvalue weighted by Gasteiger charge is -2.34. The molecule has 0 bridgehead atoms. The van der Waals surface area contributed by atoms with Gasteiger partial charge in [-0.05, 0) is 103 Å². The number of hydrogen-bond acceptors (Lipinski definition) is 2. The Hall–Kier alpha value is -2.61. The summed E-state index contributed by atoms with van der Waals surface area (Å²) in [6.07, 6.45) is 12.5. The Morgan fingerprint density at radius 1 is 0.818 bits per heavy atom. The van der Waals surface area contributed by atoms with Gasteiger partial charge in [-0.1, -0.05) is 44.9 Å². The molecule has 2 aromatic carbocycles. The maximum atomic E-state index is 6.22. The molecular weight excluding hydrogens is 402 g/mol. The molecule has 2 aliphatic rings. The highest BCUT2D eigenvalue weighted by Crippen LogP contribution is 2.44. The van der Waals surface area contributed by atoms with Crippen LogP contribution in [0, 0.1) is 12.3 Å².